The van der Waals surface area contributed by atoms with Crippen LogP contribution < -0.4 is 0 Å². The lowest BCUT2D eigenvalue weighted by Gasteiger charge is -2.38. The van der Waals surface area contributed by atoms with E-state index >= 15 is 0 Å². The Bertz CT molecular complexity index is 331. The van der Waals surface area contributed by atoms with Crippen LogP contribution >= 0.6 is 0 Å². The third kappa shape index (κ3) is 5.66. The van der Waals surface area contributed by atoms with E-state index in [-0.39, 0.29) is 18.5 Å². The number of β-amino-alcohol motifs (C(OH)–C–C–N with tert-alkyl or cyclic N) is 1. The average Bonchev–Trinajstić information content (AvgIpc) is 2.26. The van der Waals surface area contributed by atoms with Crippen LogP contribution in [0.25, 0.3) is 0 Å². The molecule has 0 radical (unpaired) electrons. The first kappa shape index (κ1) is 17.2. The summed E-state index contributed by atoms with van der Waals surface area (Å²) in [5.74, 6) is -0.867. The van der Waals surface area contributed by atoms with Gasteiger partial charge in [0.05, 0.1) is 6.10 Å². The van der Waals surface area contributed by atoms with Gasteiger partial charge < -0.3 is 10.0 Å². The fourth-order valence-electron chi connectivity index (χ4n) is 1.98. The van der Waals surface area contributed by atoms with Crippen LogP contribution in [0, 0.1) is 5.41 Å². The van der Waals surface area contributed by atoms with Gasteiger partial charge in [0.25, 0.3) is 0 Å². The highest BCUT2D eigenvalue weighted by Gasteiger charge is 2.35. The Labute approximate surface area is 117 Å². The molecule has 1 saturated heterocycles. The first-order valence-corrected chi connectivity index (χ1v) is 6.74. The third-order valence-electron chi connectivity index (χ3n) is 3.51. The maximum Gasteiger partial charge on any atom is 0.397 e. The largest absolute Gasteiger partial charge is 0.397 e. The molecule has 1 atom stereocenters. The topological polar surface area (TPSA) is 43.8 Å². The molecule has 1 amide bonds. The molecule has 118 valence electrons. The van der Waals surface area contributed by atoms with E-state index in [1.54, 1.807) is 0 Å². The van der Waals surface area contributed by atoms with Crippen molar-refractivity contribution in [3.8, 4) is 0 Å². The summed E-state index contributed by atoms with van der Waals surface area (Å²) in [6.45, 7) is 7.83. The van der Waals surface area contributed by atoms with Gasteiger partial charge in [0.2, 0.25) is 5.91 Å². The lowest BCUT2D eigenvalue weighted by atomic mass is 9.89. The van der Waals surface area contributed by atoms with Gasteiger partial charge in [-0.05, 0) is 5.41 Å². The van der Waals surface area contributed by atoms with Crippen molar-refractivity contribution >= 4 is 5.91 Å². The summed E-state index contributed by atoms with van der Waals surface area (Å²) in [4.78, 5) is 14.7. The first-order valence-electron chi connectivity index (χ1n) is 6.74. The minimum absolute atomic E-state index is 0.233. The predicted octanol–water partition coefficient (Wildman–Crippen LogP) is 1.49. The van der Waals surface area contributed by atoms with Crippen LogP contribution in [-0.4, -0.2) is 65.8 Å². The van der Waals surface area contributed by atoms with Gasteiger partial charge in [-0.15, -0.1) is 0 Å². The number of alkyl halides is 3. The van der Waals surface area contributed by atoms with Crippen molar-refractivity contribution in [2.45, 2.75) is 39.5 Å². The predicted molar refractivity (Wildman–Crippen MR) is 69.2 cm³/mol. The molecule has 1 aliphatic heterocycles. The van der Waals surface area contributed by atoms with E-state index in [1.165, 1.54) is 4.90 Å². The second-order valence-corrected chi connectivity index (χ2v) is 6.36. The molecule has 0 spiro atoms. The van der Waals surface area contributed by atoms with Gasteiger partial charge in [-0.25, -0.2) is 0 Å². The highest BCUT2D eigenvalue weighted by Crippen LogP contribution is 2.22. The normalized spacial score (nSPS) is 20.1. The van der Waals surface area contributed by atoms with Crippen LogP contribution in [0.2, 0.25) is 0 Å². The van der Waals surface area contributed by atoms with E-state index in [4.69, 9.17) is 0 Å². The summed E-state index contributed by atoms with van der Waals surface area (Å²) in [6, 6.07) is 0. The molecule has 0 bridgehead atoms. The smallest absolute Gasteiger partial charge is 0.391 e. The zero-order chi connectivity index (χ0) is 15.6. The molecular weight excluding hydrogens is 273 g/mol. The summed E-state index contributed by atoms with van der Waals surface area (Å²) >= 11 is 0. The van der Waals surface area contributed by atoms with Crippen molar-refractivity contribution in [1.82, 2.24) is 9.80 Å². The van der Waals surface area contributed by atoms with Crippen molar-refractivity contribution < 1.29 is 23.1 Å². The van der Waals surface area contributed by atoms with E-state index in [0.717, 1.165) is 0 Å². The summed E-state index contributed by atoms with van der Waals surface area (Å²) in [6.07, 6.45) is -6.34. The second kappa shape index (κ2) is 6.30. The van der Waals surface area contributed by atoms with Gasteiger partial charge in [0, 0.05) is 32.7 Å². The summed E-state index contributed by atoms with van der Waals surface area (Å²) in [7, 11) is 0. The Kier molecular flexibility index (Phi) is 5.43. The Morgan fingerprint density at radius 2 is 1.65 bits per heavy atom. The van der Waals surface area contributed by atoms with Crippen LogP contribution in [0.3, 0.4) is 0 Å². The number of carbonyl (C=O) groups excluding carboxylic acids is 1. The van der Waals surface area contributed by atoms with E-state index in [1.807, 2.05) is 25.7 Å². The minimum Gasteiger partial charge on any atom is -0.391 e. The number of hydrogen-bond acceptors (Lipinski definition) is 3. The fraction of sp³-hybridized carbons (Fsp3) is 0.923. The third-order valence-corrected chi connectivity index (χ3v) is 3.51. The Morgan fingerprint density at radius 1 is 1.15 bits per heavy atom. The van der Waals surface area contributed by atoms with Gasteiger partial charge in [-0.2, -0.15) is 13.2 Å². The second-order valence-electron chi connectivity index (χ2n) is 6.36. The van der Waals surface area contributed by atoms with Crippen molar-refractivity contribution in [2.24, 2.45) is 5.41 Å². The van der Waals surface area contributed by atoms with E-state index in [0.29, 0.717) is 19.6 Å². The number of rotatable bonds is 3. The van der Waals surface area contributed by atoms with Gasteiger partial charge in [-0.1, -0.05) is 20.8 Å². The number of aliphatic hydroxyl groups is 1. The van der Waals surface area contributed by atoms with E-state index in [2.05, 4.69) is 0 Å². The van der Waals surface area contributed by atoms with Gasteiger partial charge in [0.15, 0.2) is 0 Å². The minimum atomic E-state index is -4.45. The fourth-order valence-corrected chi connectivity index (χ4v) is 1.98. The molecule has 1 heterocycles. The van der Waals surface area contributed by atoms with Crippen LogP contribution in [-0.2, 0) is 4.79 Å². The number of nitrogens with zero attached hydrogens (tertiary/aromatic N) is 2. The van der Waals surface area contributed by atoms with E-state index < -0.39 is 24.6 Å². The average molecular weight is 296 g/mol. The molecule has 0 unspecified atom stereocenters. The summed E-state index contributed by atoms with van der Waals surface area (Å²) in [5.41, 5.74) is -0.233. The number of amides is 1. The first-order chi connectivity index (χ1) is 8.99. The lowest BCUT2D eigenvalue weighted by molar-refractivity contribution is -0.162. The van der Waals surface area contributed by atoms with E-state index in [9.17, 15) is 23.1 Å². The zero-order valence-corrected chi connectivity index (χ0v) is 12.2. The number of carbonyl (C=O) groups is 1. The maximum absolute atomic E-state index is 12.1. The number of aliphatic hydroxyl groups excluding tert-OH is 1. The summed E-state index contributed by atoms with van der Waals surface area (Å²) in [5, 5.41) is 9.99. The maximum atomic E-state index is 12.1. The van der Waals surface area contributed by atoms with Gasteiger partial charge in [0.1, 0.15) is 6.42 Å². The molecule has 1 aliphatic rings. The summed E-state index contributed by atoms with van der Waals surface area (Å²) < 4.78 is 36.4. The Hall–Kier alpha value is -0.820. The highest BCUT2D eigenvalue weighted by molar-refractivity contribution is 5.76. The highest BCUT2D eigenvalue weighted by atomic mass is 19.4. The SMILES string of the molecule is CC(C)(C)[C@@H](O)CN1CCN(C(=O)CC(F)(F)F)CC1. The molecule has 7 heteroatoms. The van der Waals surface area contributed by atoms with Crippen LogP contribution in [0.4, 0.5) is 13.2 Å². The molecule has 0 aromatic carbocycles. The molecule has 0 aromatic heterocycles. The lowest BCUT2D eigenvalue weighted by Crippen LogP contribution is -2.52. The monoisotopic (exact) mass is 296 g/mol. The van der Waals surface area contributed by atoms with Crippen molar-refractivity contribution in [2.75, 3.05) is 32.7 Å². The van der Waals surface area contributed by atoms with Crippen LogP contribution in [0.5, 0.6) is 0 Å². The Morgan fingerprint density at radius 3 is 2.05 bits per heavy atom. The van der Waals surface area contributed by atoms with Crippen molar-refractivity contribution in [3.05, 3.63) is 0 Å². The molecule has 0 saturated carbocycles. The molecule has 4 nitrogen and oxygen atoms in total. The zero-order valence-electron chi connectivity index (χ0n) is 12.2. The Balaban J connectivity index is 2.39. The number of halogens is 3. The van der Waals surface area contributed by atoms with Crippen molar-refractivity contribution in [3.63, 3.8) is 0 Å². The molecule has 1 rings (SSSR count). The molecule has 0 aromatic rings. The standard InChI is InChI=1S/C13H23F3N2O2/c1-12(2,3)10(19)9-17-4-6-18(7-5-17)11(20)8-13(14,15)16/h10,19H,4-9H2,1-3H3/t10-/m0/s1. The molecule has 0 aliphatic carbocycles. The molecule has 20 heavy (non-hydrogen) atoms. The number of piperazine rings is 1. The molecule has 1 N–H and O–H groups in total. The van der Waals surface area contributed by atoms with Crippen LogP contribution in [0.15, 0.2) is 0 Å². The number of hydrogen-bond donors (Lipinski definition) is 1. The quantitative estimate of drug-likeness (QED) is 0.858. The van der Waals surface area contributed by atoms with Crippen LogP contribution in [0.1, 0.15) is 27.2 Å². The van der Waals surface area contributed by atoms with Gasteiger partial charge >= 0.3 is 6.18 Å². The molecular formula is C13H23F3N2O2. The van der Waals surface area contributed by atoms with Gasteiger partial charge in [-0.3, -0.25) is 9.69 Å². The molecule has 1 fully saturated rings. The van der Waals surface area contributed by atoms with Crippen molar-refractivity contribution in [1.29, 1.82) is 0 Å².